The highest BCUT2D eigenvalue weighted by Crippen LogP contribution is 2.45. The summed E-state index contributed by atoms with van der Waals surface area (Å²) in [5.74, 6) is -3.43. The second-order valence-corrected chi connectivity index (χ2v) is 21.6. The number of carbonyl (C=O) groups excluding carboxylic acids is 2. The molecule has 1 aliphatic rings. The standard InChI is InChI=1S/C40H55F3N4O4Si/c1-22(2)52(23(3)4,24(5)6)51-26(8)27-19-32(42)36(33(43)20-27)37-31(41)12-13-34(46-37)38(48)47-35-21-44-15-14-30(35)28-16-25(7)17-29(18-28)45-39(49)50-40(9,10)11/h12-15,19-26,28-29H,16-18H2,1-11H3,(H,45,49)(H,47,48)/t25-,26?,28+,29-/m0/s1. The molecule has 1 fully saturated rings. The van der Waals surface area contributed by atoms with Gasteiger partial charge in [-0.2, -0.15) is 0 Å². The average molecular weight is 741 g/mol. The molecule has 8 nitrogen and oxygen atoms in total. The Hall–Kier alpha value is -3.77. The van der Waals surface area contributed by atoms with Crippen molar-refractivity contribution in [2.24, 2.45) is 5.92 Å². The van der Waals surface area contributed by atoms with E-state index in [1.807, 2.05) is 26.8 Å². The van der Waals surface area contributed by atoms with Crippen LogP contribution >= 0.6 is 0 Å². The maximum Gasteiger partial charge on any atom is 0.407 e. The maximum atomic E-state index is 15.8. The molecule has 1 aliphatic carbocycles. The van der Waals surface area contributed by atoms with Crippen LogP contribution in [-0.4, -0.2) is 41.9 Å². The molecule has 2 N–H and O–H groups in total. The number of nitrogens with one attached hydrogen (secondary N) is 2. The van der Waals surface area contributed by atoms with Gasteiger partial charge in [-0.25, -0.2) is 22.9 Å². The number of alkyl carbamates (subject to hydrolysis) is 1. The van der Waals surface area contributed by atoms with Gasteiger partial charge in [0.25, 0.3) is 5.91 Å². The normalized spacial score (nSPS) is 18.8. The third-order valence-electron chi connectivity index (χ3n) is 10.1. The zero-order valence-corrected chi connectivity index (χ0v) is 33.4. The van der Waals surface area contributed by atoms with Crippen molar-refractivity contribution in [2.75, 3.05) is 5.32 Å². The minimum Gasteiger partial charge on any atom is -0.444 e. The highest BCUT2D eigenvalue weighted by atomic mass is 28.4. The number of hydrogen-bond donors (Lipinski definition) is 2. The van der Waals surface area contributed by atoms with Crippen LogP contribution in [0.1, 0.15) is 129 Å². The minimum absolute atomic E-state index is 0.0266. The molecule has 2 amide bonds. The van der Waals surface area contributed by atoms with Crippen molar-refractivity contribution < 1.29 is 31.9 Å². The van der Waals surface area contributed by atoms with E-state index in [9.17, 15) is 9.59 Å². The van der Waals surface area contributed by atoms with Crippen molar-refractivity contribution in [2.45, 2.75) is 136 Å². The highest BCUT2D eigenvalue weighted by Gasteiger charge is 2.46. The number of amides is 2. The van der Waals surface area contributed by atoms with Crippen molar-refractivity contribution in [3.8, 4) is 11.3 Å². The summed E-state index contributed by atoms with van der Waals surface area (Å²) in [6.45, 7) is 22.1. The predicted molar refractivity (Wildman–Crippen MR) is 201 cm³/mol. The Balaban J connectivity index is 1.58. The number of ether oxygens (including phenoxy) is 1. The SMILES string of the molecule is CC(O[Si](C(C)C)(C(C)C)C(C)C)c1cc(F)c(-c2nc(C(=O)Nc3cnccc3[C@@H]3C[C@H](C)C[C@H](NC(=O)OC(C)(C)C)C3)ccc2F)c(F)c1. The number of pyridine rings is 2. The van der Waals surface area contributed by atoms with Crippen molar-refractivity contribution >= 4 is 26.0 Å². The van der Waals surface area contributed by atoms with E-state index in [1.165, 1.54) is 12.3 Å². The molecule has 52 heavy (non-hydrogen) atoms. The zero-order valence-electron chi connectivity index (χ0n) is 32.4. The van der Waals surface area contributed by atoms with Crippen LogP contribution in [0.25, 0.3) is 11.3 Å². The van der Waals surface area contributed by atoms with E-state index in [4.69, 9.17) is 9.16 Å². The zero-order chi connectivity index (χ0) is 38.7. The molecule has 2 heterocycles. The summed E-state index contributed by atoms with van der Waals surface area (Å²) < 4.78 is 59.0. The van der Waals surface area contributed by atoms with Gasteiger partial charge in [0, 0.05) is 12.2 Å². The van der Waals surface area contributed by atoms with Gasteiger partial charge in [-0.05, 0) is 117 Å². The Kier molecular flexibility index (Phi) is 13.0. The molecule has 1 saturated carbocycles. The van der Waals surface area contributed by atoms with Crippen molar-refractivity contribution in [3.63, 3.8) is 0 Å². The fraction of sp³-hybridized carbons (Fsp3) is 0.550. The summed E-state index contributed by atoms with van der Waals surface area (Å²) in [5, 5.41) is 5.81. The average Bonchev–Trinajstić information content (AvgIpc) is 3.02. The molecule has 284 valence electrons. The molecule has 4 atom stereocenters. The summed E-state index contributed by atoms with van der Waals surface area (Å²) in [4.78, 5) is 34.4. The van der Waals surface area contributed by atoms with Crippen LogP contribution in [-0.2, 0) is 9.16 Å². The van der Waals surface area contributed by atoms with Crippen LogP contribution in [0.4, 0.5) is 23.7 Å². The van der Waals surface area contributed by atoms with Crippen LogP contribution < -0.4 is 10.6 Å². The lowest BCUT2D eigenvalue weighted by Crippen LogP contribution is -2.48. The number of aromatic nitrogens is 2. The van der Waals surface area contributed by atoms with Crippen LogP contribution in [0.15, 0.2) is 42.7 Å². The van der Waals surface area contributed by atoms with Gasteiger partial charge in [0.15, 0.2) is 0 Å². The quantitative estimate of drug-likeness (QED) is 0.190. The van der Waals surface area contributed by atoms with Gasteiger partial charge in [-0.3, -0.25) is 9.78 Å². The lowest BCUT2D eigenvalue weighted by molar-refractivity contribution is 0.0482. The van der Waals surface area contributed by atoms with Gasteiger partial charge >= 0.3 is 6.09 Å². The fourth-order valence-electron chi connectivity index (χ4n) is 8.08. The first-order chi connectivity index (χ1) is 24.2. The van der Waals surface area contributed by atoms with Crippen molar-refractivity contribution in [1.29, 1.82) is 0 Å². The number of hydrogen-bond acceptors (Lipinski definition) is 6. The maximum absolute atomic E-state index is 15.8. The van der Waals surface area contributed by atoms with E-state index >= 15 is 13.2 Å². The Morgan fingerprint density at radius 1 is 0.885 bits per heavy atom. The molecular weight excluding hydrogens is 686 g/mol. The van der Waals surface area contributed by atoms with E-state index in [-0.39, 0.29) is 40.2 Å². The Bertz CT molecular complexity index is 1700. The molecule has 1 unspecified atom stereocenters. The highest BCUT2D eigenvalue weighted by molar-refractivity contribution is 6.77. The number of carbonyl (C=O) groups is 2. The molecule has 3 aromatic rings. The van der Waals surface area contributed by atoms with E-state index in [0.29, 0.717) is 17.7 Å². The van der Waals surface area contributed by atoms with E-state index in [2.05, 4.69) is 69.1 Å². The molecular formula is C40H55F3N4O4Si. The summed E-state index contributed by atoms with van der Waals surface area (Å²) in [7, 11) is -2.37. The van der Waals surface area contributed by atoms with E-state index < -0.39 is 60.7 Å². The molecule has 4 rings (SSSR count). The number of rotatable bonds is 11. The predicted octanol–water partition coefficient (Wildman–Crippen LogP) is 10.9. The lowest BCUT2D eigenvalue weighted by Gasteiger charge is -2.44. The van der Waals surface area contributed by atoms with Gasteiger partial charge in [0.05, 0.1) is 23.6 Å². The van der Waals surface area contributed by atoms with E-state index in [1.54, 1.807) is 13.1 Å². The smallest absolute Gasteiger partial charge is 0.407 e. The van der Waals surface area contributed by atoms with Gasteiger partial charge in [-0.15, -0.1) is 0 Å². The van der Waals surface area contributed by atoms with Gasteiger partial charge in [0.1, 0.15) is 34.4 Å². The Morgan fingerprint density at radius 3 is 2.08 bits per heavy atom. The molecule has 0 radical (unpaired) electrons. The molecule has 0 saturated heterocycles. The van der Waals surface area contributed by atoms with Crippen LogP contribution in [0, 0.1) is 23.4 Å². The molecule has 0 spiro atoms. The Morgan fingerprint density at radius 2 is 1.50 bits per heavy atom. The molecule has 0 aliphatic heterocycles. The second kappa shape index (κ2) is 16.5. The van der Waals surface area contributed by atoms with Crippen LogP contribution in [0.5, 0.6) is 0 Å². The monoisotopic (exact) mass is 740 g/mol. The summed E-state index contributed by atoms with van der Waals surface area (Å²) >= 11 is 0. The van der Waals surface area contributed by atoms with E-state index in [0.717, 1.165) is 36.6 Å². The summed E-state index contributed by atoms with van der Waals surface area (Å²) in [6.07, 6.45) is 4.27. The minimum atomic E-state index is -2.37. The van der Waals surface area contributed by atoms with Gasteiger partial charge in [-0.1, -0.05) is 48.5 Å². The molecule has 0 bridgehead atoms. The largest absolute Gasteiger partial charge is 0.444 e. The fourth-order valence-corrected chi connectivity index (χ4v) is 13.6. The van der Waals surface area contributed by atoms with Crippen LogP contribution in [0.3, 0.4) is 0 Å². The topological polar surface area (TPSA) is 102 Å². The first-order valence-corrected chi connectivity index (χ1v) is 20.5. The summed E-state index contributed by atoms with van der Waals surface area (Å²) in [5.41, 5.74) is 0.218. The molecule has 2 aromatic heterocycles. The molecule has 1 aromatic carbocycles. The first kappa shape index (κ1) is 41.0. The van der Waals surface area contributed by atoms with Crippen LogP contribution in [0.2, 0.25) is 16.6 Å². The number of halogens is 3. The third kappa shape index (κ3) is 9.41. The second-order valence-electron chi connectivity index (χ2n) is 16.2. The first-order valence-electron chi connectivity index (χ1n) is 18.3. The van der Waals surface area contributed by atoms with Crippen molar-refractivity contribution in [1.82, 2.24) is 15.3 Å². The number of benzene rings is 1. The third-order valence-corrected chi connectivity index (χ3v) is 16.3. The van der Waals surface area contributed by atoms with Crippen molar-refractivity contribution in [3.05, 3.63) is 77.0 Å². The van der Waals surface area contributed by atoms with Gasteiger partial charge < -0.3 is 19.8 Å². The lowest BCUT2D eigenvalue weighted by atomic mass is 9.76. The van der Waals surface area contributed by atoms with Gasteiger partial charge in [0.2, 0.25) is 8.32 Å². The Labute approximate surface area is 307 Å². The number of nitrogens with zero attached hydrogens (tertiary/aromatic N) is 2. The number of anilines is 1. The molecule has 12 heteroatoms. The summed E-state index contributed by atoms with van der Waals surface area (Å²) in [6, 6.07) is 6.15.